The number of carbonyl (C=O) groups is 1. The summed E-state index contributed by atoms with van der Waals surface area (Å²) in [5.74, 6) is 1.66. The van der Waals surface area contributed by atoms with Crippen LogP contribution < -0.4 is 9.47 Å². The molecular weight excluding hydrogens is 258 g/mol. The van der Waals surface area contributed by atoms with Gasteiger partial charge in [-0.1, -0.05) is 6.07 Å². The number of hydrogen-bond donors (Lipinski definition) is 0. The first-order chi connectivity index (χ1) is 9.83. The van der Waals surface area contributed by atoms with E-state index in [9.17, 15) is 4.79 Å². The van der Waals surface area contributed by atoms with E-state index >= 15 is 0 Å². The molecule has 5 nitrogen and oxygen atoms in total. The molecule has 0 aromatic heterocycles. The average Bonchev–Trinajstić information content (AvgIpc) is 2.73. The van der Waals surface area contributed by atoms with Crippen molar-refractivity contribution in [1.29, 1.82) is 0 Å². The number of hydrogen-bond acceptors (Lipinski definition) is 4. The summed E-state index contributed by atoms with van der Waals surface area (Å²) in [5.41, 5.74) is 0.964. The Hall–Kier alpha value is -1.75. The van der Waals surface area contributed by atoms with Gasteiger partial charge in [0.25, 0.3) is 0 Å². The number of fused-ring (bicyclic) bond motifs is 1. The predicted molar refractivity (Wildman–Crippen MR) is 73.2 cm³/mol. The minimum absolute atomic E-state index is 0.141. The number of benzene rings is 1. The Morgan fingerprint density at radius 1 is 1.05 bits per heavy atom. The molecule has 1 saturated heterocycles. The van der Waals surface area contributed by atoms with Gasteiger partial charge in [0.2, 0.25) is 5.91 Å². The Morgan fingerprint density at radius 3 is 2.60 bits per heavy atom. The van der Waals surface area contributed by atoms with Gasteiger partial charge < -0.3 is 19.1 Å². The molecule has 2 heterocycles. The molecule has 0 N–H and O–H groups in total. The molecule has 2 aliphatic rings. The summed E-state index contributed by atoms with van der Waals surface area (Å²) in [6, 6.07) is 5.74. The molecule has 0 bridgehead atoms. The van der Waals surface area contributed by atoms with Gasteiger partial charge >= 0.3 is 0 Å². The van der Waals surface area contributed by atoms with Crippen molar-refractivity contribution in [3.05, 3.63) is 23.8 Å². The number of amides is 1. The van der Waals surface area contributed by atoms with Crippen molar-refractivity contribution in [2.45, 2.75) is 12.8 Å². The highest BCUT2D eigenvalue weighted by molar-refractivity contribution is 5.79. The van der Waals surface area contributed by atoms with E-state index in [0.717, 1.165) is 23.5 Å². The van der Waals surface area contributed by atoms with Crippen molar-refractivity contribution >= 4 is 5.91 Å². The van der Waals surface area contributed by atoms with Gasteiger partial charge in [-0.15, -0.1) is 0 Å². The zero-order valence-corrected chi connectivity index (χ0v) is 11.5. The molecule has 1 aromatic rings. The summed E-state index contributed by atoms with van der Waals surface area (Å²) in [6.45, 7) is 3.97. The first kappa shape index (κ1) is 13.2. The van der Waals surface area contributed by atoms with E-state index in [0.29, 0.717) is 45.9 Å². The minimum Gasteiger partial charge on any atom is -0.490 e. The van der Waals surface area contributed by atoms with Crippen LogP contribution in [0.1, 0.15) is 12.0 Å². The highest BCUT2D eigenvalue weighted by Gasteiger charge is 2.18. The SMILES string of the molecule is O=C(Cc1ccc2c(c1)OCCCO2)N1CCOCC1. The first-order valence-corrected chi connectivity index (χ1v) is 7.07. The van der Waals surface area contributed by atoms with Crippen LogP contribution in [0.25, 0.3) is 0 Å². The maximum Gasteiger partial charge on any atom is 0.227 e. The molecule has 1 fully saturated rings. The summed E-state index contributed by atoms with van der Waals surface area (Å²) in [4.78, 5) is 14.1. The van der Waals surface area contributed by atoms with E-state index in [-0.39, 0.29) is 5.91 Å². The first-order valence-electron chi connectivity index (χ1n) is 7.07. The fraction of sp³-hybridized carbons (Fsp3) is 0.533. The molecule has 0 radical (unpaired) electrons. The highest BCUT2D eigenvalue weighted by atomic mass is 16.5. The van der Waals surface area contributed by atoms with Crippen LogP contribution in [0.15, 0.2) is 18.2 Å². The van der Waals surface area contributed by atoms with E-state index in [1.165, 1.54) is 0 Å². The third-order valence-electron chi connectivity index (χ3n) is 3.53. The number of nitrogens with zero attached hydrogens (tertiary/aromatic N) is 1. The second kappa shape index (κ2) is 6.13. The third kappa shape index (κ3) is 3.04. The Labute approximate surface area is 118 Å². The molecular formula is C15H19NO4. The zero-order chi connectivity index (χ0) is 13.8. The quantitative estimate of drug-likeness (QED) is 0.816. The van der Waals surface area contributed by atoms with Crippen molar-refractivity contribution in [3.63, 3.8) is 0 Å². The van der Waals surface area contributed by atoms with Crippen LogP contribution in [0, 0.1) is 0 Å². The predicted octanol–water partition coefficient (Wildman–Crippen LogP) is 1.25. The van der Waals surface area contributed by atoms with Gasteiger partial charge in [0, 0.05) is 19.5 Å². The highest BCUT2D eigenvalue weighted by Crippen LogP contribution is 2.30. The third-order valence-corrected chi connectivity index (χ3v) is 3.53. The normalized spacial score (nSPS) is 18.5. The van der Waals surface area contributed by atoms with Crippen LogP contribution in [-0.2, 0) is 16.0 Å². The van der Waals surface area contributed by atoms with Gasteiger partial charge in [0.1, 0.15) is 0 Å². The number of morpholine rings is 1. The van der Waals surface area contributed by atoms with E-state index in [2.05, 4.69) is 0 Å². The Morgan fingerprint density at radius 2 is 1.80 bits per heavy atom. The summed E-state index contributed by atoms with van der Waals surface area (Å²) in [5, 5.41) is 0. The van der Waals surface area contributed by atoms with Crippen LogP contribution in [0.4, 0.5) is 0 Å². The molecule has 3 rings (SSSR count). The smallest absolute Gasteiger partial charge is 0.227 e. The van der Waals surface area contributed by atoms with Gasteiger partial charge in [-0.2, -0.15) is 0 Å². The van der Waals surface area contributed by atoms with E-state index < -0.39 is 0 Å². The molecule has 0 aliphatic carbocycles. The maximum absolute atomic E-state index is 12.2. The number of rotatable bonds is 2. The Balaban J connectivity index is 1.68. The van der Waals surface area contributed by atoms with Crippen molar-refractivity contribution in [2.24, 2.45) is 0 Å². The summed E-state index contributed by atoms with van der Waals surface area (Å²) in [7, 11) is 0. The largest absolute Gasteiger partial charge is 0.490 e. The second-order valence-electron chi connectivity index (χ2n) is 5.00. The molecule has 0 saturated carbocycles. The van der Waals surface area contributed by atoms with Crippen LogP contribution in [0.3, 0.4) is 0 Å². The Kier molecular flexibility index (Phi) is 4.06. The fourth-order valence-electron chi connectivity index (χ4n) is 2.42. The lowest BCUT2D eigenvalue weighted by atomic mass is 10.1. The summed E-state index contributed by atoms with van der Waals surface area (Å²) >= 11 is 0. The minimum atomic E-state index is 0.141. The second-order valence-corrected chi connectivity index (χ2v) is 5.00. The van der Waals surface area contributed by atoms with Crippen molar-refractivity contribution in [1.82, 2.24) is 4.90 Å². The van der Waals surface area contributed by atoms with E-state index in [1.54, 1.807) is 0 Å². The van der Waals surface area contributed by atoms with Crippen LogP contribution in [0.5, 0.6) is 11.5 Å². The number of carbonyl (C=O) groups excluding carboxylic acids is 1. The maximum atomic E-state index is 12.2. The van der Waals surface area contributed by atoms with E-state index in [4.69, 9.17) is 14.2 Å². The molecule has 2 aliphatic heterocycles. The van der Waals surface area contributed by atoms with Gasteiger partial charge in [-0.3, -0.25) is 4.79 Å². The lowest BCUT2D eigenvalue weighted by Gasteiger charge is -2.27. The van der Waals surface area contributed by atoms with Gasteiger partial charge in [0.05, 0.1) is 32.8 Å². The van der Waals surface area contributed by atoms with Crippen molar-refractivity contribution in [3.8, 4) is 11.5 Å². The molecule has 108 valence electrons. The monoisotopic (exact) mass is 277 g/mol. The molecule has 0 spiro atoms. The number of ether oxygens (including phenoxy) is 3. The van der Waals surface area contributed by atoms with Crippen LogP contribution in [0.2, 0.25) is 0 Å². The average molecular weight is 277 g/mol. The standard InChI is InChI=1S/C15H19NO4/c17-15(16-4-8-18-9-5-16)11-12-2-3-13-14(10-12)20-7-1-6-19-13/h2-3,10H,1,4-9,11H2. The molecule has 1 aromatic carbocycles. The van der Waals surface area contributed by atoms with Crippen LogP contribution in [-0.4, -0.2) is 50.3 Å². The Bertz CT molecular complexity index is 483. The molecule has 0 atom stereocenters. The molecule has 5 heteroatoms. The van der Waals surface area contributed by atoms with Gasteiger partial charge in [-0.05, 0) is 17.7 Å². The van der Waals surface area contributed by atoms with E-state index in [1.807, 2.05) is 23.1 Å². The molecule has 1 amide bonds. The fourth-order valence-corrected chi connectivity index (χ4v) is 2.42. The molecule has 20 heavy (non-hydrogen) atoms. The van der Waals surface area contributed by atoms with Gasteiger partial charge in [0.15, 0.2) is 11.5 Å². The summed E-state index contributed by atoms with van der Waals surface area (Å²) < 4.78 is 16.5. The zero-order valence-electron chi connectivity index (χ0n) is 11.5. The molecule has 0 unspecified atom stereocenters. The van der Waals surface area contributed by atoms with Gasteiger partial charge in [-0.25, -0.2) is 0 Å². The topological polar surface area (TPSA) is 48.0 Å². The van der Waals surface area contributed by atoms with Crippen molar-refractivity contribution < 1.29 is 19.0 Å². The summed E-state index contributed by atoms with van der Waals surface area (Å²) in [6.07, 6.45) is 1.29. The lowest BCUT2D eigenvalue weighted by molar-refractivity contribution is -0.134. The van der Waals surface area contributed by atoms with Crippen molar-refractivity contribution in [2.75, 3.05) is 39.5 Å². The lowest BCUT2D eigenvalue weighted by Crippen LogP contribution is -2.41. The van der Waals surface area contributed by atoms with Crippen LogP contribution >= 0.6 is 0 Å².